The lowest BCUT2D eigenvalue weighted by atomic mass is 10.1. The van der Waals surface area contributed by atoms with E-state index in [0.29, 0.717) is 22.1 Å². The Hall–Kier alpha value is -1.49. The Morgan fingerprint density at radius 3 is 2.53 bits per heavy atom. The molecule has 0 aromatic heterocycles. The van der Waals surface area contributed by atoms with Crippen LogP contribution in [-0.4, -0.2) is 25.2 Å². The molecule has 94 valence electrons. The molecule has 0 saturated heterocycles. The van der Waals surface area contributed by atoms with Crippen molar-refractivity contribution in [3.63, 3.8) is 0 Å². The van der Waals surface area contributed by atoms with Crippen molar-refractivity contribution in [1.29, 1.82) is 0 Å². The van der Waals surface area contributed by atoms with Gasteiger partial charge in [0.15, 0.2) is 11.5 Å². The van der Waals surface area contributed by atoms with E-state index in [1.807, 2.05) is 0 Å². The molecule has 0 amide bonds. The van der Waals surface area contributed by atoms with E-state index in [2.05, 4.69) is 0 Å². The number of nitro groups is 1. The largest absolute Gasteiger partial charge is 0.493 e. The predicted octanol–water partition coefficient (Wildman–Crippen LogP) is 2.56. The lowest BCUT2D eigenvalue weighted by Gasteiger charge is -2.13. The van der Waals surface area contributed by atoms with Crippen LogP contribution < -0.4 is 9.47 Å². The van der Waals surface area contributed by atoms with Crippen LogP contribution in [0.1, 0.15) is 12.5 Å². The molecule has 0 aliphatic carbocycles. The number of benzene rings is 1. The van der Waals surface area contributed by atoms with E-state index >= 15 is 0 Å². The first-order valence-electron chi connectivity index (χ1n) is 5.04. The second-order valence-electron chi connectivity index (χ2n) is 3.61. The van der Waals surface area contributed by atoms with Gasteiger partial charge in [-0.2, -0.15) is 0 Å². The number of halogens is 1. The van der Waals surface area contributed by atoms with Crippen LogP contribution in [0.5, 0.6) is 11.5 Å². The number of hydrogen-bond acceptors (Lipinski definition) is 4. The van der Waals surface area contributed by atoms with E-state index in [0.717, 1.165) is 0 Å². The van der Waals surface area contributed by atoms with Crippen molar-refractivity contribution in [2.24, 2.45) is 0 Å². The zero-order valence-electron chi connectivity index (χ0n) is 9.90. The second kappa shape index (κ2) is 5.72. The van der Waals surface area contributed by atoms with Crippen LogP contribution in [-0.2, 0) is 6.42 Å². The van der Waals surface area contributed by atoms with E-state index in [4.69, 9.17) is 21.1 Å². The number of methoxy groups -OCH3 is 2. The maximum absolute atomic E-state index is 10.6. The summed E-state index contributed by atoms with van der Waals surface area (Å²) in [5.74, 6) is 0.914. The summed E-state index contributed by atoms with van der Waals surface area (Å²) in [6, 6.07) is 2.71. The highest BCUT2D eigenvalue weighted by molar-refractivity contribution is 6.33. The van der Waals surface area contributed by atoms with Crippen LogP contribution in [0.15, 0.2) is 12.1 Å². The highest BCUT2D eigenvalue weighted by atomic mass is 35.5. The maximum Gasteiger partial charge on any atom is 0.214 e. The Balaban J connectivity index is 3.06. The minimum atomic E-state index is -0.689. The lowest BCUT2D eigenvalue weighted by Crippen LogP contribution is -2.18. The molecule has 1 aromatic carbocycles. The van der Waals surface area contributed by atoms with Crippen molar-refractivity contribution in [1.82, 2.24) is 0 Å². The average molecular weight is 260 g/mol. The third-order valence-electron chi connectivity index (χ3n) is 2.44. The second-order valence-corrected chi connectivity index (χ2v) is 3.99. The van der Waals surface area contributed by atoms with Gasteiger partial charge >= 0.3 is 0 Å². The molecule has 0 heterocycles. The summed E-state index contributed by atoms with van der Waals surface area (Å²) in [6.07, 6.45) is 0.256. The van der Waals surface area contributed by atoms with Gasteiger partial charge in [0, 0.05) is 18.3 Å². The molecule has 1 unspecified atom stereocenters. The maximum atomic E-state index is 10.6. The highest BCUT2D eigenvalue weighted by Gasteiger charge is 2.19. The Labute approximate surface area is 104 Å². The van der Waals surface area contributed by atoms with Gasteiger partial charge in [0.1, 0.15) is 0 Å². The first-order valence-corrected chi connectivity index (χ1v) is 5.41. The molecule has 0 aliphatic heterocycles. The third-order valence-corrected chi connectivity index (χ3v) is 2.85. The molecule has 5 nitrogen and oxygen atoms in total. The van der Waals surface area contributed by atoms with Gasteiger partial charge in [0.2, 0.25) is 6.04 Å². The zero-order chi connectivity index (χ0) is 13.0. The Morgan fingerprint density at radius 2 is 2.06 bits per heavy atom. The van der Waals surface area contributed by atoms with Gasteiger partial charge in [-0.25, -0.2) is 0 Å². The van der Waals surface area contributed by atoms with Gasteiger partial charge in [-0.05, 0) is 11.6 Å². The van der Waals surface area contributed by atoms with Crippen LogP contribution in [0, 0.1) is 10.1 Å². The molecule has 1 aromatic rings. The summed E-state index contributed by atoms with van der Waals surface area (Å²) >= 11 is 6.11. The van der Waals surface area contributed by atoms with Crippen molar-refractivity contribution in [2.45, 2.75) is 19.4 Å². The van der Waals surface area contributed by atoms with Crippen LogP contribution in [0.25, 0.3) is 0 Å². The molecular weight excluding hydrogens is 246 g/mol. The molecule has 1 rings (SSSR count). The van der Waals surface area contributed by atoms with E-state index in [1.54, 1.807) is 12.1 Å². The van der Waals surface area contributed by atoms with Crippen molar-refractivity contribution in [3.8, 4) is 11.5 Å². The van der Waals surface area contributed by atoms with Crippen molar-refractivity contribution >= 4 is 11.6 Å². The fourth-order valence-electron chi connectivity index (χ4n) is 1.48. The molecule has 0 saturated carbocycles. The highest BCUT2D eigenvalue weighted by Crippen LogP contribution is 2.37. The average Bonchev–Trinajstić information content (AvgIpc) is 2.31. The minimum Gasteiger partial charge on any atom is -0.493 e. The molecule has 1 atom stereocenters. The number of ether oxygens (including phenoxy) is 2. The first-order chi connectivity index (χ1) is 8.01. The van der Waals surface area contributed by atoms with Gasteiger partial charge in [-0.15, -0.1) is 0 Å². The van der Waals surface area contributed by atoms with Crippen molar-refractivity contribution < 1.29 is 14.4 Å². The summed E-state index contributed by atoms with van der Waals surface area (Å²) in [5.41, 5.74) is 0.675. The molecule has 0 radical (unpaired) electrons. The number of rotatable bonds is 5. The Bertz CT molecular complexity index is 422. The normalized spacial score (nSPS) is 12.0. The third kappa shape index (κ3) is 3.00. The Morgan fingerprint density at radius 1 is 1.41 bits per heavy atom. The van der Waals surface area contributed by atoms with Gasteiger partial charge < -0.3 is 9.47 Å². The fourth-order valence-corrected chi connectivity index (χ4v) is 1.79. The van der Waals surface area contributed by atoms with Crippen LogP contribution in [0.4, 0.5) is 0 Å². The molecule has 0 fully saturated rings. The summed E-state index contributed by atoms with van der Waals surface area (Å²) in [6.45, 7) is 1.53. The van der Waals surface area contributed by atoms with Gasteiger partial charge in [0.05, 0.1) is 19.2 Å². The molecule has 0 N–H and O–H groups in total. The predicted molar refractivity (Wildman–Crippen MR) is 64.7 cm³/mol. The topological polar surface area (TPSA) is 61.6 Å². The first kappa shape index (κ1) is 13.6. The minimum absolute atomic E-state index is 0.256. The van der Waals surface area contributed by atoms with Crippen LogP contribution in [0.3, 0.4) is 0 Å². The van der Waals surface area contributed by atoms with E-state index < -0.39 is 6.04 Å². The number of nitrogens with zero attached hydrogens (tertiary/aromatic N) is 1. The quantitative estimate of drug-likeness (QED) is 0.602. The van der Waals surface area contributed by atoms with E-state index in [-0.39, 0.29) is 11.3 Å². The number of hydrogen-bond donors (Lipinski definition) is 0. The standard InChI is InChI=1S/C11H14ClNO4/c1-7(13(14)15)6-8-4-5-9(16-2)11(17-3)10(8)12/h4-5,7H,6H2,1-3H3. The van der Waals surface area contributed by atoms with Gasteiger partial charge in [-0.3, -0.25) is 10.1 Å². The molecule has 0 spiro atoms. The lowest BCUT2D eigenvalue weighted by molar-refractivity contribution is -0.517. The van der Waals surface area contributed by atoms with E-state index in [1.165, 1.54) is 21.1 Å². The summed E-state index contributed by atoms with van der Waals surface area (Å²) in [7, 11) is 2.98. The van der Waals surface area contributed by atoms with Crippen molar-refractivity contribution in [2.75, 3.05) is 14.2 Å². The van der Waals surface area contributed by atoms with Gasteiger partial charge in [-0.1, -0.05) is 17.7 Å². The van der Waals surface area contributed by atoms with E-state index in [9.17, 15) is 10.1 Å². The smallest absolute Gasteiger partial charge is 0.214 e. The fraction of sp³-hybridized carbons (Fsp3) is 0.455. The van der Waals surface area contributed by atoms with Crippen LogP contribution in [0.2, 0.25) is 5.02 Å². The van der Waals surface area contributed by atoms with Crippen molar-refractivity contribution in [3.05, 3.63) is 32.8 Å². The molecule has 0 bridgehead atoms. The monoisotopic (exact) mass is 259 g/mol. The van der Waals surface area contributed by atoms with Crippen LogP contribution >= 0.6 is 11.6 Å². The summed E-state index contributed by atoms with van der Waals surface area (Å²) in [4.78, 5) is 10.3. The molecule has 6 heteroatoms. The summed E-state index contributed by atoms with van der Waals surface area (Å²) in [5, 5.41) is 11.0. The molecule has 17 heavy (non-hydrogen) atoms. The van der Waals surface area contributed by atoms with Gasteiger partial charge in [0.25, 0.3) is 0 Å². The molecular formula is C11H14ClNO4. The zero-order valence-corrected chi connectivity index (χ0v) is 10.7. The molecule has 0 aliphatic rings. The SMILES string of the molecule is COc1ccc(CC(C)[N+](=O)[O-])c(Cl)c1OC. The Kier molecular flexibility index (Phi) is 4.57. The summed E-state index contributed by atoms with van der Waals surface area (Å²) < 4.78 is 10.2.